The minimum absolute atomic E-state index is 0. The van der Waals surface area contributed by atoms with E-state index in [-0.39, 0.29) is 30.9 Å². The van der Waals surface area contributed by atoms with E-state index in [2.05, 4.69) is 10.2 Å². The number of hydrogen-bond acceptors (Lipinski definition) is 3. The number of ether oxygens (including phenoxy) is 1. The smallest absolute Gasteiger partial charge is 0.416 e. The molecular formula is C14H19Cl2F3N2O. The molecule has 22 heavy (non-hydrogen) atoms. The van der Waals surface area contributed by atoms with Crippen LogP contribution >= 0.6 is 24.8 Å². The van der Waals surface area contributed by atoms with Crippen LogP contribution in [0.15, 0.2) is 18.2 Å². The van der Waals surface area contributed by atoms with Crippen molar-refractivity contribution in [2.24, 2.45) is 0 Å². The molecule has 0 radical (unpaired) electrons. The second-order valence-electron chi connectivity index (χ2n) is 5.19. The first-order chi connectivity index (χ1) is 9.55. The van der Waals surface area contributed by atoms with Crippen molar-refractivity contribution in [2.45, 2.75) is 18.6 Å². The fourth-order valence-electron chi connectivity index (χ4n) is 2.92. The van der Waals surface area contributed by atoms with Gasteiger partial charge < -0.3 is 10.1 Å². The summed E-state index contributed by atoms with van der Waals surface area (Å²) in [5.41, 5.74) is 0.239. The number of hydrogen-bond donors (Lipinski definition) is 1. The molecule has 126 valence electrons. The summed E-state index contributed by atoms with van der Waals surface area (Å²) in [6.45, 7) is 4.17. The third-order valence-corrected chi connectivity index (χ3v) is 3.94. The van der Waals surface area contributed by atoms with Crippen LogP contribution in [0.1, 0.15) is 23.6 Å². The lowest BCUT2D eigenvalue weighted by Crippen LogP contribution is -2.46. The summed E-state index contributed by atoms with van der Waals surface area (Å²) in [6, 6.07) is 4.03. The van der Waals surface area contributed by atoms with Gasteiger partial charge in [0.1, 0.15) is 5.75 Å². The van der Waals surface area contributed by atoms with Gasteiger partial charge in [0.2, 0.25) is 0 Å². The first kappa shape index (κ1) is 19.4. The predicted molar refractivity (Wildman–Crippen MR) is 83.2 cm³/mol. The summed E-state index contributed by atoms with van der Waals surface area (Å²) < 4.78 is 43.6. The molecule has 1 aromatic rings. The molecule has 0 aliphatic carbocycles. The van der Waals surface area contributed by atoms with Crippen molar-refractivity contribution in [2.75, 3.05) is 32.8 Å². The zero-order valence-electron chi connectivity index (χ0n) is 11.9. The molecule has 0 aromatic heterocycles. The molecule has 0 bridgehead atoms. The molecule has 1 unspecified atom stereocenters. The molecule has 1 atom stereocenters. The number of halogens is 5. The van der Waals surface area contributed by atoms with Crippen LogP contribution in [0.2, 0.25) is 0 Å². The Hall–Kier alpha value is -0.690. The highest BCUT2D eigenvalue weighted by Gasteiger charge is 2.34. The van der Waals surface area contributed by atoms with Crippen LogP contribution in [0.5, 0.6) is 5.75 Å². The second-order valence-corrected chi connectivity index (χ2v) is 5.19. The molecule has 0 spiro atoms. The monoisotopic (exact) mass is 358 g/mol. The molecule has 0 saturated carbocycles. The van der Waals surface area contributed by atoms with Gasteiger partial charge in [-0.15, -0.1) is 24.8 Å². The molecule has 3 nitrogen and oxygen atoms in total. The van der Waals surface area contributed by atoms with Gasteiger partial charge in [0.15, 0.2) is 0 Å². The Morgan fingerprint density at radius 1 is 1.14 bits per heavy atom. The molecule has 2 aliphatic rings. The zero-order valence-corrected chi connectivity index (χ0v) is 13.5. The van der Waals surface area contributed by atoms with Crippen molar-refractivity contribution in [1.29, 1.82) is 0 Å². The Morgan fingerprint density at radius 2 is 1.82 bits per heavy atom. The number of rotatable bonds is 1. The van der Waals surface area contributed by atoms with E-state index in [0.717, 1.165) is 50.3 Å². The van der Waals surface area contributed by atoms with Crippen LogP contribution in [0.4, 0.5) is 13.2 Å². The number of piperazine rings is 1. The number of nitrogens with one attached hydrogen (secondary N) is 1. The largest absolute Gasteiger partial charge is 0.493 e. The SMILES string of the molecule is Cl.Cl.FC(F)(F)c1ccc2c(c1)OCCC2N1CCNCC1. The van der Waals surface area contributed by atoms with Gasteiger partial charge in [-0.05, 0) is 12.1 Å². The van der Waals surface area contributed by atoms with Gasteiger partial charge in [-0.3, -0.25) is 4.90 Å². The van der Waals surface area contributed by atoms with Gasteiger partial charge in [-0.1, -0.05) is 6.07 Å². The van der Waals surface area contributed by atoms with Gasteiger partial charge in [0.25, 0.3) is 0 Å². The van der Waals surface area contributed by atoms with Gasteiger partial charge in [-0.25, -0.2) is 0 Å². The van der Waals surface area contributed by atoms with E-state index < -0.39 is 11.7 Å². The Morgan fingerprint density at radius 3 is 2.45 bits per heavy atom. The number of fused-ring (bicyclic) bond motifs is 1. The quantitative estimate of drug-likeness (QED) is 0.833. The molecule has 1 N–H and O–H groups in total. The van der Waals surface area contributed by atoms with Crippen LogP contribution in [-0.4, -0.2) is 37.7 Å². The highest BCUT2D eigenvalue weighted by molar-refractivity contribution is 5.85. The van der Waals surface area contributed by atoms with Crippen molar-refractivity contribution in [1.82, 2.24) is 10.2 Å². The maximum atomic E-state index is 12.7. The van der Waals surface area contributed by atoms with Crippen molar-refractivity contribution in [3.05, 3.63) is 29.3 Å². The lowest BCUT2D eigenvalue weighted by atomic mass is 9.96. The molecule has 1 aromatic carbocycles. The Labute approximate surface area is 140 Å². The molecule has 3 rings (SSSR count). The summed E-state index contributed by atoms with van der Waals surface area (Å²) in [4.78, 5) is 2.32. The third kappa shape index (κ3) is 3.98. The van der Waals surface area contributed by atoms with Crippen molar-refractivity contribution in [3.8, 4) is 5.75 Å². The van der Waals surface area contributed by atoms with E-state index in [1.54, 1.807) is 6.07 Å². The molecule has 1 fully saturated rings. The predicted octanol–water partition coefficient (Wildman–Crippen LogP) is 3.28. The van der Waals surface area contributed by atoms with Crippen LogP contribution < -0.4 is 10.1 Å². The van der Waals surface area contributed by atoms with Gasteiger partial charge in [-0.2, -0.15) is 13.2 Å². The first-order valence-corrected chi connectivity index (χ1v) is 6.84. The van der Waals surface area contributed by atoms with Crippen molar-refractivity contribution < 1.29 is 17.9 Å². The average Bonchev–Trinajstić information content (AvgIpc) is 2.46. The molecule has 2 aliphatic heterocycles. The number of alkyl halides is 3. The van der Waals surface area contributed by atoms with E-state index in [1.165, 1.54) is 0 Å². The maximum absolute atomic E-state index is 12.7. The molecule has 2 heterocycles. The van der Waals surface area contributed by atoms with Crippen molar-refractivity contribution in [3.63, 3.8) is 0 Å². The van der Waals surface area contributed by atoms with E-state index in [1.807, 2.05) is 0 Å². The fourth-order valence-corrected chi connectivity index (χ4v) is 2.92. The second kappa shape index (κ2) is 7.73. The Kier molecular flexibility index (Phi) is 6.80. The zero-order chi connectivity index (χ0) is 14.2. The first-order valence-electron chi connectivity index (χ1n) is 6.84. The van der Waals surface area contributed by atoms with Gasteiger partial charge >= 0.3 is 6.18 Å². The molecule has 0 amide bonds. The van der Waals surface area contributed by atoms with Crippen LogP contribution in [-0.2, 0) is 6.18 Å². The van der Waals surface area contributed by atoms with Crippen molar-refractivity contribution >= 4 is 24.8 Å². The Bertz CT molecular complexity index is 493. The fraction of sp³-hybridized carbons (Fsp3) is 0.571. The third-order valence-electron chi connectivity index (χ3n) is 3.94. The lowest BCUT2D eigenvalue weighted by molar-refractivity contribution is -0.137. The summed E-state index contributed by atoms with van der Waals surface area (Å²) in [6.07, 6.45) is -3.49. The van der Waals surface area contributed by atoms with Crippen LogP contribution in [0.25, 0.3) is 0 Å². The summed E-state index contributed by atoms with van der Waals surface area (Å²) in [7, 11) is 0. The highest BCUT2D eigenvalue weighted by Crippen LogP contribution is 2.40. The average molecular weight is 359 g/mol. The molecule has 1 saturated heterocycles. The topological polar surface area (TPSA) is 24.5 Å². The summed E-state index contributed by atoms with van der Waals surface area (Å²) in [5, 5.41) is 3.29. The summed E-state index contributed by atoms with van der Waals surface area (Å²) >= 11 is 0. The van der Waals surface area contributed by atoms with Gasteiger partial charge in [0, 0.05) is 44.2 Å². The van der Waals surface area contributed by atoms with Crippen LogP contribution in [0.3, 0.4) is 0 Å². The highest BCUT2D eigenvalue weighted by atomic mass is 35.5. The van der Waals surface area contributed by atoms with Gasteiger partial charge in [0.05, 0.1) is 12.2 Å². The van der Waals surface area contributed by atoms with E-state index in [9.17, 15) is 13.2 Å². The van der Waals surface area contributed by atoms with E-state index in [0.29, 0.717) is 12.4 Å². The minimum atomic E-state index is -4.32. The van der Waals surface area contributed by atoms with E-state index >= 15 is 0 Å². The number of nitrogens with zero attached hydrogens (tertiary/aromatic N) is 1. The lowest BCUT2D eigenvalue weighted by Gasteiger charge is -2.38. The molecular weight excluding hydrogens is 340 g/mol. The summed E-state index contributed by atoms with van der Waals surface area (Å²) in [5.74, 6) is 0.384. The maximum Gasteiger partial charge on any atom is 0.416 e. The molecule has 8 heteroatoms. The normalized spacial score (nSPS) is 21.9. The van der Waals surface area contributed by atoms with E-state index in [4.69, 9.17) is 4.74 Å². The Balaban J connectivity index is 0.00000121. The number of benzene rings is 1. The van der Waals surface area contributed by atoms with Crippen LogP contribution in [0, 0.1) is 0 Å². The minimum Gasteiger partial charge on any atom is -0.493 e. The standard InChI is InChI=1S/C14H17F3N2O.2ClH/c15-14(16,17)10-1-2-11-12(3-8-20-13(11)9-10)19-6-4-18-5-7-19;;/h1-2,9,12,18H,3-8H2;2*1H.